The fourth-order valence-electron chi connectivity index (χ4n) is 2.72. The summed E-state index contributed by atoms with van der Waals surface area (Å²) in [5.41, 5.74) is 9.14. The Bertz CT molecular complexity index is 588. The Balaban J connectivity index is 1.90. The average Bonchev–Trinajstić information content (AvgIpc) is 2.77. The quantitative estimate of drug-likeness (QED) is 0.827. The van der Waals surface area contributed by atoms with Crippen molar-refractivity contribution in [3.05, 3.63) is 17.1 Å². The monoisotopic (exact) mass is 277 g/mol. The van der Waals surface area contributed by atoms with Crippen LogP contribution in [0, 0.1) is 12.8 Å². The van der Waals surface area contributed by atoms with Gasteiger partial charge in [-0.3, -0.25) is 0 Å². The number of hydrogen-bond donors (Lipinski definition) is 2. The van der Waals surface area contributed by atoms with E-state index in [0.717, 1.165) is 52.5 Å². The number of rotatable bonds is 2. The number of aromatic nitrogens is 1. The number of nitrogens with two attached hydrogens (primary N) is 1. The summed E-state index contributed by atoms with van der Waals surface area (Å²) < 4.78 is 1.16. The van der Waals surface area contributed by atoms with Gasteiger partial charge in [0.15, 0.2) is 0 Å². The maximum absolute atomic E-state index is 9.19. The van der Waals surface area contributed by atoms with Gasteiger partial charge in [-0.2, -0.15) is 0 Å². The van der Waals surface area contributed by atoms with E-state index in [1.54, 1.807) is 11.3 Å². The molecule has 0 spiro atoms. The van der Waals surface area contributed by atoms with Crippen molar-refractivity contribution in [2.24, 2.45) is 5.92 Å². The second-order valence-electron chi connectivity index (χ2n) is 5.22. The van der Waals surface area contributed by atoms with E-state index in [1.807, 2.05) is 13.0 Å². The summed E-state index contributed by atoms with van der Waals surface area (Å²) in [5, 5.41) is 10.3. The molecule has 0 atom stereocenters. The summed E-state index contributed by atoms with van der Waals surface area (Å²) in [6, 6.07) is 4.14. The molecule has 1 aliphatic heterocycles. The summed E-state index contributed by atoms with van der Waals surface area (Å²) in [6.45, 7) is 4.25. The van der Waals surface area contributed by atoms with Crippen molar-refractivity contribution < 1.29 is 5.11 Å². The molecule has 1 aromatic heterocycles. The van der Waals surface area contributed by atoms with Gasteiger partial charge in [0, 0.05) is 19.7 Å². The van der Waals surface area contributed by atoms with Gasteiger partial charge in [0.2, 0.25) is 0 Å². The van der Waals surface area contributed by atoms with Crippen LogP contribution >= 0.6 is 11.3 Å². The number of piperidine rings is 1. The van der Waals surface area contributed by atoms with Crippen molar-refractivity contribution in [2.75, 3.05) is 30.3 Å². The maximum Gasteiger partial charge on any atom is 0.0907 e. The van der Waals surface area contributed by atoms with Gasteiger partial charge in [-0.05, 0) is 37.8 Å². The highest BCUT2D eigenvalue weighted by Crippen LogP contribution is 2.33. The zero-order chi connectivity index (χ0) is 13.4. The lowest BCUT2D eigenvalue weighted by molar-refractivity contribution is 0.203. The van der Waals surface area contributed by atoms with Crippen LogP contribution in [0.4, 0.5) is 11.4 Å². The van der Waals surface area contributed by atoms with E-state index >= 15 is 0 Å². The van der Waals surface area contributed by atoms with Crippen molar-refractivity contribution in [3.63, 3.8) is 0 Å². The Labute approximate surface area is 116 Å². The molecule has 3 rings (SSSR count). The summed E-state index contributed by atoms with van der Waals surface area (Å²) in [5.74, 6) is 0.447. The van der Waals surface area contributed by atoms with Crippen LogP contribution < -0.4 is 10.6 Å². The molecule has 0 aliphatic carbocycles. The molecule has 0 unspecified atom stereocenters. The summed E-state index contributed by atoms with van der Waals surface area (Å²) in [6.07, 6.45) is 2.06. The molecule has 1 aromatic carbocycles. The second kappa shape index (κ2) is 4.98. The normalized spacial score (nSPS) is 17.3. The van der Waals surface area contributed by atoms with Gasteiger partial charge in [-0.15, -0.1) is 11.3 Å². The fraction of sp³-hybridized carbons (Fsp3) is 0.500. The number of nitrogens with zero attached hydrogens (tertiary/aromatic N) is 2. The van der Waals surface area contributed by atoms with Crippen molar-refractivity contribution in [2.45, 2.75) is 19.8 Å². The fourth-order valence-corrected chi connectivity index (χ4v) is 3.58. The average molecular weight is 277 g/mol. The molecule has 3 N–H and O–H groups in total. The first-order chi connectivity index (χ1) is 9.17. The summed E-state index contributed by atoms with van der Waals surface area (Å²) in [7, 11) is 0. The van der Waals surface area contributed by atoms with Gasteiger partial charge in [-0.1, -0.05) is 0 Å². The van der Waals surface area contributed by atoms with Crippen LogP contribution in [0.2, 0.25) is 0 Å². The minimum Gasteiger partial charge on any atom is -0.397 e. The number of aliphatic hydroxyl groups excluding tert-OH is 1. The number of benzene rings is 1. The van der Waals surface area contributed by atoms with E-state index in [0.29, 0.717) is 12.5 Å². The molecule has 4 nitrogen and oxygen atoms in total. The molecular weight excluding hydrogens is 258 g/mol. The molecule has 102 valence electrons. The summed E-state index contributed by atoms with van der Waals surface area (Å²) >= 11 is 1.68. The SMILES string of the molecule is Cc1nc2cc(N3CCC(CO)CC3)c(N)cc2s1. The Morgan fingerprint density at radius 2 is 2.16 bits per heavy atom. The lowest BCUT2D eigenvalue weighted by atomic mass is 9.97. The Morgan fingerprint density at radius 1 is 1.42 bits per heavy atom. The van der Waals surface area contributed by atoms with Crippen LogP contribution in [0.5, 0.6) is 0 Å². The number of aryl methyl sites for hydroxylation is 1. The number of nitrogen functional groups attached to an aromatic ring is 1. The highest BCUT2D eigenvalue weighted by molar-refractivity contribution is 7.18. The van der Waals surface area contributed by atoms with Gasteiger partial charge in [0.25, 0.3) is 0 Å². The lowest BCUT2D eigenvalue weighted by Gasteiger charge is -2.33. The zero-order valence-electron chi connectivity index (χ0n) is 11.1. The number of anilines is 2. The molecule has 2 aromatic rings. The standard InChI is InChI=1S/C14H19N3OS/c1-9-16-12-7-13(11(15)6-14(12)19-9)17-4-2-10(8-18)3-5-17/h6-7,10,18H,2-5,8,15H2,1H3. The molecule has 0 amide bonds. The van der Waals surface area contributed by atoms with Crippen molar-refractivity contribution in [1.82, 2.24) is 4.98 Å². The van der Waals surface area contributed by atoms with Crippen LogP contribution in [-0.4, -0.2) is 29.8 Å². The predicted octanol–water partition coefficient (Wildman–Crippen LogP) is 2.40. The highest BCUT2D eigenvalue weighted by Gasteiger charge is 2.20. The Hall–Kier alpha value is -1.33. The molecule has 19 heavy (non-hydrogen) atoms. The third-order valence-electron chi connectivity index (χ3n) is 3.86. The number of fused-ring (bicyclic) bond motifs is 1. The van der Waals surface area contributed by atoms with Crippen LogP contribution in [0.1, 0.15) is 17.8 Å². The zero-order valence-corrected chi connectivity index (χ0v) is 11.9. The molecular formula is C14H19N3OS. The van der Waals surface area contributed by atoms with Gasteiger partial charge in [-0.25, -0.2) is 4.98 Å². The van der Waals surface area contributed by atoms with Gasteiger partial charge < -0.3 is 15.7 Å². The molecule has 2 heterocycles. The molecule has 0 saturated carbocycles. The first-order valence-corrected chi connectivity index (χ1v) is 7.51. The van der Waals surface area contributed by atoms with Crippen LogP contribution in [0.15, 0.2) is 12.1 Å². The molecule has 5 heteroatoms. The molecule has 0 bridgehead atoms. The van der Waals surface area contributed by atoms with Crippen LogP contribution in [-0.2, 0) is 0 Å². The van der Waals surface area contributed by atoms with E-state index in [-0.39, 0.29) is 0 Å². The summed E-state index contributed by atoms with van der Waals surface area (Å²) in [4.78, 5) is 6.85. The Kier molecular flexibility index (Phi) is 3.33. The largest absolute Gasteiger partial charge is 0.397 e. The molecule has 1 saturated heterocycles. The molecule has 1 fully saturated rings. The second-order valence-corrected chi connectivity index (χ2v) is 6.46. The highest BCUT2D eigenvalue weighted by atomic mass is 32.1. The first kappa shape index (κ1) is 12.7. The van der Waals surface area contributed by atoms with Crippen LogP contribution in [0.25, 0.3) is 10.2 Å². The molecule has 0 radical (unpaired) electrons. The minimum absolute atomic E-state index is 0.299. The maximum atomic E-state index is 9.19. The Morgan fingerprint density at radius 3 is 2.84 bits per heavy atom. The van der Waals surface area contributed by atoms with E-state index < -0.39 is 0 Å². The van der Waals surface area contributed by atoms with E-state index in [9.17, 15) is 5.11 Å². The van der Waals surface area contributed by atoms with E-state index in [4.69, 9.17) is 5.73 Å². The van der Waals surface area contributed by atoms with Crippen molar-refractivity contribution in [3.8, 4) is 0 Å². The predicted molar refractivity (Wildman–Crippen MR) is 80.8 cm³/mol. The first-order valence-electron chi connectivity index (χ1n) is 6.70. The van der Waals surface area contributed by atoms with Gasteiger partial charge in [0.1, 0.15) is 0 Å². The lowest BCUT2D eigenvalue weighted by Crippen LogP contribution is -2.35. The number of hydrogen-bond acceptors (Lipinski definition) is 5. The van der Waals surface area contributed by atoms with Gasteiger partial charge >= 0.3 is 0 Å². The topological polar surface area (TPSA) is 62.4 Å². The number of thiazole rings is 1. The number of aliphatic hydroxyl groups is 1. The third-order valence-corrected chi connectivity index (χ3v) is 4.79. The van der Waals surface area contributed by atoms with Crippen LogP contribution in [0.3, 0.4) is 0 Å². The van der Waals surface area contributed by atoms with Crippen molar-refractivity contribution >= 4 is 32.9 Å². The van der Waals surface area contributed by atoms with Crippen molar-refractivity contribution in [1.29, 1.82) is 0 Å². The molecule has 1 aliphatic rings. The van der Waals surface area contributed by atoms with E-state index in [2.05, 4.69) is 16.0 Å². The minimum atomic E-state index is 0.299. The van der Waals surface area contributed by atoms with Gasteiger partial charge in [0.05, 0.1) is 26.6 Å². The smallest absolute Gasteiger partial charge is 0.0907 e. The third kappa shape index (κ3) is 2.40. The van der Waals surface area contributed by atoms with E-state index in [1.165, 1.54) is 0 Å².